The first-order valence-corrected chi connectivity index (χ1v) is 18.0. The first-order valence-electron chi connectivity index (χ1n) is 13.0. The minimum absolute atomic E-state index is 0.0491. The first-order chi connectivity index (χ1) is 21.8. The van der Waals surface area contributed by atoms with Crippen LogP contribution in [-0.4, -0.2) is 37.9 Å². The molecule has 0 amide bonds. The number of thioether (sulfide) groups is 1. The fraction of sp³-hybridized carbons (Fsp3) is 0.167. The van der Waals surface area contributed by atoms with Crippen LogP contribution < -0.4 is 5.43 Å². The molecule has 5 aromatic rings. The highest BCUT2D eigenvalue weighted by Gasteiger charge is 2.86. The smallest absolute Gasteiger partial charge is 0.289 e. The third-order valence-corrected chi connectivity index (χ3v) is 14.2. The second kappa shape index (κ2) is 12.0. The number of fused-ring (bicyclic) bond motifs is 2. The second-order valence-corrected chi connectivity index (χ2v) is 16.2. The lowest BCUT2D eigenvalue weighted by Gasteiger charge is -2.42. The summed E-state index contributed by atoms with van der Waals surface area (Å²) in [6, 6.07) is 21.9. The number of hydrogen-bond acceptors (Lipinski definition) is 6. The summed E-state index contributed by atoms with van der Waals surface area (Å²) < 4.78 is 159. The van der Waals surface area contributed by atoms with Crippen molar-refractivity contribution in [1.29, 1.82) is 0 Å². The molecule has 0 aliphatic heterocycles. The van der Waals surface area contributed by atoms with Crippen molar-refractivity contribution in [3.8, 4) is 0 Å². The van der Waals surface area contributed by atoms with Crippen LogP contribution in [0, 0.1) is 0 Å². The number of hydrogen-bond donors (Lipinski definition) is 0. The Bertz CT molecular complexity index is 2080. The SMILES string of the molecule is CSc1cc2sc3ccccc3c(=O)c2cc1S(OS(=O)(=O)C(F)(F)C(F)(F)C(F)(F)C(F)(F)F)(c1ccccc1)c1ccccc1. The highest BCUT2D eigenvalue weighted by molar-refractivity contribution is 8.33. The summed E-state index contributed by atoms with van der Waals surface area (Å²) in [5.41, 5.74) is -0.567. The van der Waals surface area contributed by atoms with Crippen molar-refractivity contribution in [2.75, 3.05) is 6.26 Å². The fourth-order valence-corrected chi connectivity index (χ4v) is 12.2. The molecule has 0 spiro atoms. The molecule has 5 rings (SSSR count). The first kappa shape index (κ1) is 35.1. The van der Waals surface area contributed by atoms with E-state index in [2.05, 4.69) is 0 Å². The lowest BCUT2D eigenvalue weighted by atomic mass is 10.1. The zero-order valence-corrected chi connectivity index (χ0v) is 26.7. The van der Waals surface area contributed by atoms with E-state index in [-0.39, 0.29) is 30.4 Å². The zero-order valence-electron chi connectivity index (χ0n) is 23.4. The van der Waals surface area contributed by atoms with Crippen LogP contribution in [0.5, 0.6) is 0 Å². The predicted octanol–water partition coefficient (Wildman–Crippen LogP) is 10.1. The van der Waals surface area contributed by atoms with E-state index in [9.17, 15) is 43.9 Å². The summed E-state index contributed by atoms with van der Waals surface area (Å²) in [4.78, 5) is 13.0. The van der Waals surface area contributed by atoms with E-state index in [1.54, 1.807) is 18.2 Å². The maximum absolute atomic E-state index is 15.3. The Morgan fingerprint density at radius 3 is 1.68 bits per heavy atom. The van der Waals surface area contributed by atoms with E-state index in [0.29, 0.717) is 9.40 Å². The molecule has 0 bridgehead atoms. The summed E-state index contributed by atoms with van der Waals surface area (Å²) in [6.07, 6.45) is -5.77. The van der Waals surface area contributed by atoms with Crippen molar-refractivity contribution in [3.63, 3.8) is 0 Å². The lowest BCUT2D eigenvalue weighted by molar-refractivity contribution is -0.382. The van der Waals surface area contributed by atoms with Gasteiger partial charge in [-0.25, -0.2) is 3.63 Å². The Balaban J connectivity index is 1.90. The van der Waals surface area contributed by atoms with E-state index < -0.39 is 49.1 Å². The second-order valence-electron chi connectivity index (χ2n) is 9.79. The van der Waals surface area contributed by atoms with E-state index in [1.807, 2.05) is 0 Å². The van der Waals surface area contributed by atoms with Crippen LogP contribution in [0.1, 0.15) is 0 Å². The van der Waals surface area contributed by atoms with Crippen molar-refractivity contribution in [2.45, 2.75) is 42.9 Å². The Labute approximate surface area is 270 Å². The van der Waals surface area contributed by atoms with Gasteiger partial charge in [0.2, 0.25) is 0 Å². The van der Waals surface area contributed by atoms with Gasteiger partial charge in [0.25, 0.3) is 0 Å². The third-order valence-electron chi connectivity index (χ3n) is 6.94. The molecular weight excluding hydrogens is 724 g/mol. The van der Waals surface area contributed by atoms with Gasteiger partial charge in [0.1, 0.15) is 0 Å². The molecule has 0 saturated heterocycles. The normalized spacial score (nSPS) is 14.1. The van der Waals surface area contributed by atoms with Crippen molar-refractivity contribution in [1.82, 2.24) is 0 Å². The Kier molecular flexibility index (Phi) is 8.97. The molecule has 47 heavy (non-hydrogen) atoms. The van der Waals surface area contributed by atoms with E-state index >= 15 is 8.78 Å². The molecule has 0 aliphatic carbocycles. The van der Waals surface area contributed by atoms with Crippen LogP contribution in [0.15, 0.2) is 121 Å². The quantitative estimate of drug-likeness (QED) is 0.0855. The standard InChI is InChI=1S/C30H19F9O4S4/c1-44-24-17-23-21(26(40)20-14-8-9-15-22(20)45-23)16-25(24)46(18-10-4-2-5-11-18,19-12-6-3-7-13-19)43-47(41,42)30(38,39)28(33,34)27(31,32)29(35,36)37/h2-17H,1H3. The van der Waals surface area contributed by atoms with Crippen molar-refractivity contribution in [3.05, 3.63) is 107 Å². The van der Waals surface area contributed by atoms with Gasteiger partial charge in [0.05, 0.1) is 0 Å². The van der Waals surface area contributed by atoms with Gasteiger partial charge in [-0.15, -0.1) is 23.1 Å². The predicted molar refractivity (Wildman–Crippen MR) is 164 cm³/mol. The Morgan fingerprint density at radius 1 is 0.660 bits per heavy atom. The number of rotatable bonds is 9. The monoisotopic (exact) mass is 742 g/mol. The molecular formula is C30H19F9O4S4. The highest BCUT2D eigenvalue weighted by Crippen LogP contribution is 2.73. The van der Waals surface area contributed by atoms with Crippen LogP contribution >= 0.6 is 33.4 Å². The molecule has 0 radical (unpaired) electrons. The lowest BCUT2D eigenvalue weighted by Crippen LogP contribution is -2.63. The number of benzene rings is 4. The van der Waals surface area contributed by atoms with Crippen LogP contribution in [0.25, 0.3) is 20.2 Å². The minimum Gasteiger partial charge on any atom is -0.289 e. The topological polar surface area (TPSA) is 60.4 Å². The van der Waals surface area contributed by atoms with Crippen molar-refractivity contribution in [2.24, 2.45) is 0 Å². The van der Waals surface area contributed by atoms with Crippen LogP contribution in [0.3, 0.4) is 0 Å². The van der Waals surface area contributed by atoms with Gasteiger partial charge in [0, 0.05) is 39.8 Å². The Hall–Kier alpha value is -3.25. The largest absolute Gasteiger partial charge is 0.460 e. The molecule has 0 saturated carbocycles. The zero-order chi connectivity index (χ0) is 34.6. The molecule has 0 unspecified atom stereocenters. The molecule has 0 fully saturated rings. The van der Waals surface area contributed by atoms with E-state index in [0.717, 1.165) is 29.2 Å². The van der Waals surface area contributed by atoms with Gasteiger partial charge in [0.15, 0.2) is 5.43 Å². The maximum Gasteiger partial charge on any atom is 0.460 e. The Morgan fingerprint density at radius 2 is 1.17 bits per heavy atom. The molecule has 250 valence electrons. The molecule has 1 aromatic heterocycles. The summed E-state index contributed by atoms with van der Waals surface area (Å²) in [5, 5.41) is -6.94. The summed E-state index contributed by atoms with van der Waals surface area (Å²) in [6.45, 7) is 0. The molecule has 4 nitrogen and oxygen atoms in total. The van der Waals surface area contributed by atoms with Crippen LogP contribution in [-0.2, 0) is 13.7 Å². The minimum atomic E-state index is -7.52. The summed E-state index contributed by atoms with van der Waals surface area (Å²) >= 11 is 2.09. The summed E-state index contributed by atoms with van der Waals surface area (Å²) in [5.74, 6) is -15.0. The van der Waals surface area contributed by atoms with Gasteiger partial charge in [-0.1, -0.05) is 48.5 Å². The van der Waals surface area contributed by atoms with E-state index in [4.69, 9.17) is 3.63 Å². The van der Waals surface area contributed by atoms with E-state index in [1.165, 1.54) is 79.1 Å². The van der Waals surface area contributed by atoms with Crippen molar-refractivity contribution < 1.29 is 51.6 Å². The molecule has 0 atom stereocenters. The van der Waals surface area contributed by atoms with Crippen LogP contribution in [0.2, 0.25) is 0 Å². The van der Waals surface area contributed by atoms with Gasteiger partial charge in [-0.05, 0) is 65.1 Å². The van der Waals surface area contributed by atoms with Crippen LogP contribution in [0.4, 0.5) is 39.5 Å². The van der Waals surface area contributed by atoms with Gasteiger partial charge >= 0.3 is 33.4 Å². The average Bonchev–Trinajstić information content (AvgIpc) is 3.03. The molecule has 17 heteroatoms. The van der Waals surface area contributed by atoms with Crippen molar-refractivity contribution >= 4 is 63.7 Å². The number of halogens is 9. The summed E-state index contributed by atoms with van der Waals surface area (Å²) in [7, 11) is -11.7. The maximum atomic E-state index is 15.3. The average molecular weight is 743 g/mol. The van der Waals surface area contributed by atoms with Gasteiger partial charge in [-0.2, -0.15) is 47.9 Å². The highest BCUT2D eigenvalue weighted by atomic mass is 32.3. The molecule has 4 aromatic carbocycles. The molecule has 0 aliphatic rings. The number of alkyl halides is 9. The van der Waals surface area contributed by atoms with Gasteiger partial charge in [-0.3, -0.25) is 4.79 Å². The molecule has 0 N–H and O–H groups in total. The fourth-order valence-electron chi connectivity index (χ4n) is 4.62. The van der Waals surface area contributed by atoms with Gasteiger partial charge < -0.3 is 0 Å². The third kappa shape index (κ3) is 5.49. The molecule has 1 heterocycles.